The third kappa shape index (κ3) is 2.90. The molecule has 0 unspecified atom stereocenters. The van der Waals surface area contributed by atoms with Crippen molar-refractivity contribution < 1.29 is 9.13 Å². The summed E-state index contributed by atoms with van der Waals surface area (Å²) >= 11 is 3.50. The highest BCUT2D eigenvalue weighted by molar-refractivity contribution is 9.10. The van der Waals surface area contributed by atoms with Crippen LogP contribution in [0.2, 0.25) is 0 Å². The third-order valence-corrected chi connectivity index (χ3v) is 4.07. The lowest BCUT2D eigenvalue weighted by atomic mass is 10.3. The van der Waals surface area contributed by atoms with Gasteiger partial charge in [-0.1, -0.05) is 0 Å². The lowest BCUT2D eigenvalue weighted by Crippen LogP contribution is -2.01. The molecule has 3 aromatic rings. The summed E-state index contributed by atoms with van der Waals surface area (Å²) in [5.41, 5.74) is 1.51. The maximum atomic E-state index is 13.0. The Morgan fingerprint density at radius 1 is 1.35 bits per heavy atom. The van der Waals surface area contributed by atoms with Crippen LogP contribution in [0.5, 0.6) is 11.6 Å². The van der Waals surface area contributed by atoms with Gasteiger partial charge in [-0.25, -0.2) is 14.4 Å². The zero-order chi connectivity index (χ0) is 16.4. The van der Waals surface area contributed by atoms with Gasteiger partial charge in [-0.2, -0.15) is 5.26 Å². The molecule has 0 aliphatic rings. The number of nitriles is 1. The molecular weight excluding hydrogens is 363 g/mol. The summed E-state index contributed by atoms with van der Waals surface area (Å²) in [6.07, 6.45) is 1.83. The van der Waals surface area contributed by atoms with Crippen molar-refractivity contribution in [3.8, 4) is 17.7 Å². The van der Waals surface area contributed by atoms with E-state index >= 15 is 0 Å². The van der Waals surface area contributed by atoms with E-state index in [1.165, 1.54) is 24.3 Å². The number of imidazole rings is 1. The van der Waals surface area contributed by atoms with E-state index in [-0.39, 0.29) is 12.2 Å². The zero-order valence-corrected chi connectivity index (χ0v) is 13.8. The van der Waals surface area contributed by atoms with Crippen LogP contribution in [0.25, 0.3) is 11.0 Å². The molecule has 7 heteroatoms. The van der Waals surface area contributed by atoms with Crippen LogP contribution in [0.3, 0.4) is 0 Å². The van der Waals surface area contributed by atoms with Gasteiger partial charge < -0.3 is 9.30 Å². The first-order valence-electron chi connectivity index (χ1n) is 6.98. The van der Waals surface area contributed by atoms with E-state index in [2.05, 4.69) is 32.0 Å². The summed E-state index contributed by atoms with van der Waals surface area (Å²) in [4.78, 5) is 8.69. The Balaban J connectivity index is 2.07. The van der Waals surface area contributed by atoms with Gasteiger partial charge in [-0.05, 0) is 47.1 Å². The fraction of sp³-hybridized carbons (Fsp3) is 0.188. The van der Waals surface area contributed by atoms with E-state index in [0.717, 1.165) is 5.52 Å². The van der Waals surface area contributed by atoms with Crippen LogP contribution in [0.1, 0.15) is 12.7 Å². The molecule has 5 nitrogen and oxygen atoms in total. The highest BCUT2D eigenvalue weighted by Gasteiger charge is 2.17. The van der Waals surface area contributed by atoms with Gasteiger partial charge in [0.1, 0.15) is 27.4 Å². The number of nitrogens with zero attached hydrogens (tertiary/aromatic N) is 4. The van der Waals surface area contributed by atoms with Gasteiger partial charge in [0.05, 0.1) is 24.2 Å². The standard InChI is InChI=1S/C16H12BrFN4O/c1-2-22-13(7-8-19)21-12-9-20-16(14(17)15(12)22)23-11-5-3-10(18)4-6-11/h3-6,9H,2,7H2,1H3. The maximum absolute atomic E-state index is 13.0. The smallest absolute Gasteiger partial charge is 0.235 e. The van der Waals surface area contributed by atoms with Gasteiger partial charge in [-0.15, -0.1) is 0 Å². The molecule has 1 aromatic carbocycles. The van der Waals surface area contributed by atoms with E-state index in [9.17, 15) is 4.39 Å². The maximum Gasteiger partial charge on any atom is 0.235 e. The Kier molecular flexibility index (Phi) is 4.26. The second-order valence-corrected chi connectivity index (χ2v) is 5.57. The van der Waals surface area contributed by atoms with Crippen molar-refractivity contribution in [2.24, 2.45) is 0 Å². The van der Waals surface area contributed by atoms with Gasteiger partial charge in [0.25, 0.3) is 0 Å². The minimum absolute atomic E-state index is 0.225. The minimum atomic E-state index is -0.329. The highest BCUT2D eigenvalue weighted by atomic mass is 79.9. The number of aryl methyl sites for hydroxylation is 1. The number of hydrogen-bond acceptors (Lipinski definition) is 4. The molecule has 23 heavy (non-hydrogen) atoms. The molecule has 0 fully saturated rings. The molecule has 0 aliphatic heterocycles. The average molecular weight is 375 g/mol. The predicted octanol–water partition coefficient (Wildman–Crippen LogP) is 4.21. The second kappa shape index (κ2) is 6.34. The number of pyridine rings is 1. The van der Waals surface area contributed by atoms with E-state index < -0.39 is 0 Å². The fourth-order valence-electron chi connectivity index (χ4n) is 2.35. The van der Waals surface area contributed by atoms with Crippen molar-refractivity contribution >= 4 is 27.0 Å². The van der Waals surface area contributed by atoms with Crippen molar-refractivity contribution in [3.63, 3.8) is 0 Å². The Bertz CT molecular complexity index is 899. The fourth-order valence-corrected chi connectivity index (χ4v) is 2.95. The van der Waals surface area contributed by atoms with Crippen LogP contribution >= 0.6 is 15.9 Å². The molecule has 0 saturated heterocycles. The van der Waals surface area contributed by atoms with Crippen LogP contribution in [-0.4, -0.2) is 14.5 Å². The van der Waals surface area contributed by atoms with Crippen molar-refractivity contribution in [1.82, 2.24) is 14.5 Å². The van der Waals surface area contributed by atoms with E-state index in [4.69, 9.17) is 10.00 Å². The predicted molar refractivity (Wildman–Crippen MR) is 86.7 cm³/mol. The van der Waals surface area contributed by atoms with E-state index in [1.807, 2.05) is 11.5 Å². The molecule has 0 amide bonds. The first-order chi connectivity index (χ1) is 11.1. The van der Waals surface area contributed by atoms with Crippen LogP contribution in [0, 0.1) is 17.1 Å². The normalized spacial score (nSPS) is 10.7. The molecule has 2 heterocycles. The molecule has 0 saturated carbocycles. The van der Waals surface area contributed by atoms with Crippen molar-refractivity contribution in [1.29, 1.82) is 5.26 Å². The number of rotatable bonds is 4. The lowest BCUT2D eigenvalue weighted by molar-refractivity contribution is 0.459. The van der Waals surface area contributed by atoms with Gasteiger partial charge in [0.2, 0.25) is 5.88 Å². The van der Waals surface area contributed by atoms with E-state index in [1.54, 1.807) is 6.20 Å². The summed E-state index contributed by atoms with van der Waals surface area (Å²) in [6.45, 7) is 2.65. The van der Waals surface area contributed by atoms with Gasteiger partial charge in [0.15, 0.2) is 0 Å². The number of ether oxygens (including phenoxy) is 1. The monoisotopic (exact) mass is 374 g/mol. The first kappa shape index (κ1) is 15.4. The number of hydrogen-bond donors (Lipinski definition) is 0. The van der Waals surface area contributed by atoms with Gasteiger partial charge in [-0.3, -0.25) is 0 Å². The van der Waals surface area contributed by atoms with Gasteiger partial charge in [0, 0.05) is 6.54 Å². The molecule has 0 radical (unpaired) electrons. The molecule has 116 valence electrons. The number of halogens is 2. The first-order valence-corrected chi connectivity index (χ1v) is 7.77. The zero-order valence-electron chi connectivity index (χ0n) is 12.3. The third-order valence-electron chi connectivity index (χ3n) is 3.35. The lowest BCUT2D eigenvalue weighted by Gasteiger charge is -2.09. The summed E-state index contributed by atoms with van der Waals surface area (Å²) in [5.74, 6) is 1.21. The largest absolute Gasteiger partial charge is 0.438 e. The Morgan fingerprint density at radius 3 is 2.74 bits per heavy atom. The average Bonchev–Trinajstić information content (AvgIpc) is 2.90. The van der Waals surface area contributed by atoms with Crippen molar-refractivity contribution in [2.75, 3.05) is 0 Å². The number of aromatic nitrogens is 3. The molecule has 0 N–H and O–H groups in total. The van der Waals surface area contributed by atoms with Crippen molar-refractivity contribution in [3.05, 3.63) is 46.6 Å². The number of benzene rings is 1. The van der Waals surface area contributed by atoms with E-state index in [0.29, 0.717) is 34.0 Å². The Morgan fingerprint density at radius 2 is 2.09 bits per heavy atom. The Labute approximate surface area is 140 Å². The molecule has 0 bridgehead atoms. The molecule has 0 atom stereocenters. The van der Waals surface area contributed by atoms with Crippen LogP contribution < -0.4 is 4.74 Å². The summed E-state index contributed by atoms with van der Waals surface area (Å²) in [5, 5.41) is 8.92. The molecule has 2 aromatic heterocycles. The molecule has 3 rings (SSSR count). The van der Waals surface area contributed by atoms with Gasteiger partial charge >= 0.3 is 0 Å². The van der Waals surface area contributed by atoms with Crippen molar-refractivity contribution in [2.45, 2.75) is 19.9 Å². The van der Waals surface area contributed by atoms with Crippen LogP contribution in [0.4, 0.5) is 4.39 Å². The number of fused-ring (bicyclic) bond motifs is 1. The molecule has 0 aliphatic carbocycles. The molecule has 0 spiro atoms. The summed E-state index contributed by atoms with van der Waals surface area (Å²) in [7, 11) is 0. The topological polar surface area (TPSA) is 63.7 Å². The van der Waals surface area contributed by atoms with Crippen LogP contribution in [0.15, 0.2) is 34.9 Å². The summed E-state index contributed by atoms with van der Waals surface area (Å²) < 4.78 is 21.3. The molecular formula is C16H12BrFN4O. The van der Waals surface area contributed by atoms with Crippen LogP contribution in [-0.2, 0) is 13.0 Å². The Hall–Kier alpha value is -2.46. The second-order valence-electron chi connectivity index (χ2n) is 4.77. The highest BCUT2D eigenvalue weighted by Crippen LogP contribution is 2.34. The minimum Gasteiger partial charge on any atom is -0.438 e. The summed E-state index contributed by atoms with van der Waals surface area (Å²) in [6, 6.07) is 7.83. The SMILES string of the molecule is CCn1c(CC#N)nc2cnc(Oc3ccc(F)cc3)c(Br)c21. The quantitative estimate of drug-likeness (QED) is 0.685.